The summed E-state index contributed by atoms with van der Waals surface area (Å²) in [6.07, 6.45) is 1.84. The van der Waals surface area contributed by atoms with E-state index >= 15 is 0 Å². The maximum atomic E-state index is 12.6. The standard InChI is InChI=1S/C23H28N2O4/c1-18-8-10-21(11-9-18)29-16-3-7-22(27)24-12-4-13-25(15-14-24)23(28)19-5-2-6-20(26)17-19/h2,5-6,8-11,17,26H,3-4,7,12-16H2,1H3. The summed E-state index contributed by atoms with van der Waals surface area (Å²) in [5, 5.41) is 9.58. The molecule has 6 nitrogen and oxygen atoms in total. The van der Waals surface area contributed by atoms with Crippen LogP contribution in [0.2, 0.25) is 0 Å². The molecule has 1 aliphatic heterocycles. The van der Waals surface area contributed by atoms with E-state index in [1.165, 1.54) is 11.6 Å². The molecule has 0 unspecified atom stereocenters. The molecule has 6 heteroatoms. The molecule has 0 aliphatic carbocycles. The Morgan fingerprint density at radius 1 is 1.00 bits per heavy atom. The summed E-state index contributed by atoms with van der Waals surface area (Å²) in [6.45, 7) is 4.82. The first kappa shape index (κ1) is 20.7. The Kier molecular flexibility index (Phi) is 7.11. The van der Waals surface area contributed by atoms with Crippen molar-refractivity contribution >= 4 is 11.8 Å². The highest BCUT2D eigenvalue weighted by molar-refractivity contribution is 5.94. The number of carbonyl (C=O) groups is 2. The van der Waals surface area contributed by atoms with Gasteiger partial charge in [-0.25, -0.2) is 0 Å². The second kappa shape index (κ2) is 9.96. The molecule has 0 spiro atoms. The molecule has 2 aromatic carbocycles. The Morgan fingerprint density at radius 3 is 2.48 bits per heavy atom. The van der Waals surface area contributed by atoms with E-state index in [0.29, 0.717) is 51.2 Å². The third kappa shape index (κ3) is 5.98. The maximum Gasteiger partial charge on any atom is 0.254 e. The number of hydrogen-bond acceptors (Lipinski definition) is 4. The second-order valence-corrected chi connectivity index (χ2v) is 7.34. The van der Waals surface area contributed by atoms with Crippen LogP contribution in [0.15, 0.2) is 48.5 Å². The number of benzene rings is 2. The Bertz CT molecular complexity index is 835. The van der Waals surface area contributed by atoms with Crippen molar-refractivity contribution in [3.63, 3.8) is 0 Å². The van der Waals surface area contributed by atoms with Crippen LogP contribution in [-0.4, -0.2) is 59.5 Å². The first-order valence-corrected chi connectivity index (χ1v) is 10.1. The van der Waals surface area contributed by atoms with Gasteiger partial charge in [0.1, 0.15) is 11.5 Å². The third-order valence-corrected chi connectivity index (χ3v) is 5.05. The molecule has 1 saturated heterocycles. The van der Waals surface area contributed by atoms with Crippen molar-refractivity contribution in [2.24, 2.45) is 0 Å². The van der Waals surface area contributed by atoms with Crippen LogP contribution in [-0.2, 0) is 4.79 Å². The van der Waals surface area contributed by atoms with Gasteiger partial charge in [-0.15, -0.1) is 0 Å². The number of hydrogen-bond donors (Lipinski definition) is 1. The van der Waals surface area contributed by atoms with Crippen LogP contribution in [0.5, 0.6) is 11.5 Å². The molecule has 0 bridgehead atoms. The van der Waals surface area contributed by atoms with Crippen LogP contribution in [0, 0.1) is 6.92 Å². The minimum absolute atomic E-state index is 0.0790. The summed E-state index contributed by atoms with van der Waals surface area (Å²) in [4.78, 5) is 28.8. The molecule has 0 atom stereocenters. The van der Waals surface area contributed by atoms with Crippen molar-refractivity contribution in [1.82, 2.24) is 9.80 Å². The van der Waals surface area contributed by atoms with Crippen LogP contribution < -0.4 is 4.74 Å². The number of ether oxygens (including phenoxy) is 1. The van der Waals surface area contributed by atoms with Crippen molar-refractivity contribution in [2.45, 2.75) is 26.2 Å². The average molecular weight is 396 g/mol. The van der Waals surface area contributed by atoms with E-state index in [1.54, 1.807) is 23.1 Å². The zero-order valence-electron chi connectivity index (χ0n) is 16.8. The Labute approximate surface area is 171 Å². The lowest BCUT2D eigenvalue weighted by molar-refractivity contribution is -0.131. The number of aromatic hydroxyl groups is 1. The summed E-state index contributed by atoms with van der Waals surface area (Å²) in [7, 11) is 0. The van der Waals surface area contributed by atoms with E-state index in [0.717, 1.165) is 12.2 Å². The largest absolute Gasteiger partial charge is 0.508 e. The molecule has 29 heavy (non-hydrogen) atoms. The molecule has 1 aliphatic rings. The highest BCUT2D eigenvalue weighted by atomic mass is 16.5. The highest BCUT2D eigenvalue weighted by Crippen LogP contribution is 2.15. The van der Waals surface area contributed by atoms with E-state index in [4.69, 9.17) is 4.74 Å². The normalized spacial score (nSPS) is 14.4. The maximum absolute atomic E-state index is 12.6. The predicted octanol–water partition coefficient (Wildman–Crippen LogP) is 3.23. The van der Waals surface area contributed by atoms with E-state index < -0.39 is 0 Å². The highest BCUT2D eigenvalue weighted by Gasteiger charge is 2.22. The van der Waals surface area contributed by atoms with Crippen molar-refractivity contribution in [1.29, 1.82) is 0 Å². The van der Waals surface area contributed by atoms with E-state index in [9.17, 15) is 14.7 Å². The lowest BCUT2D eigenvalue weighted by Crippen LogP contribution is -2.37. The van der Waals surface area contributed by atoms with Gasteiger partial charge >= 0.3 is 0 Å². The predicted molar refractivity (Wildman–Crippen MR) is 111 cm³/mol. The van der Waals surface area contributed by atoms with Crippen LogP contribution in [0.3, 0.4) is 0 Å². The first-order valence-electron chi connectivity index (χ1n) is 10.1. The zero-order valence-corrected chi connectivity index (χ0v) is 16.8. The van der Waals surface area contributed by atoms with E-state index in [2.05, 4.69) is 0 Å². The molecule has 0 aromatic heterocycles. The van der Waals surface area contributed by atoms with Gasteiger partial charge < -0.3 is 19.6 Å². The van der Waals surface area contributed by atoms with Gasteiger partial charge in [-0.05, 0) is 50.1 Å². The van der Waals surface area contributed by atoms with Crippen molar-refractivity contribution in [3.8, 4) is 11.5 Å². The van der Waals surface area contributed by atoms with Gasteiger partial charge in [0.25, 0.3) is 5.91 Å². The minimum atomic E-state index is -0.110. The van der Waals surface area contributed by atoms with Crippen molar-refractivity contribution in [2.75, 3.05) is 32.8 Å². The Morgan fingerprint density at radius 2 is 1.72 bits per heavy atom. The molecule has 1 N–H and O–H groups in total. The van der Waals surface area contributed by atoms with Gasteiger partial charge in [0.15, 0.2) is 0 Å². The average Bonchev–Trinajstić information content (AvgIpc) is 2.98. The fraction of sp³-hybridized carbons (Fsp3) is 0.391. The smallest absolute Gasteiger partial charge is 0.254 e. The molecule has 154 valence electrons. The minimum Gasteiger partial charge on any atom is -0.508 e. The monoisotopic (exact) mass is 396 g/mol. The topological polar surface area (TPSA) is 70.1 Å². The molecule has 1 heterocycles. The SMILES string of the molecule is Cc1ccc(OCCCC(=O)N2CCCN(C(=O)c3cccc(O)c3)CC2)cc1. The lowest BCUT2D eigenvalue weighted by atomic mass is 10.2. The van der Waals surface area contributed by atoms with Gasteiger partial charge in [-0.3, -0.25) is 9.59 Å². The molecule has 0 saturated carbocycles. The number of rotatable bonds is 6. The summed E-state index contributed by atoms with van der Waals surface area (Å²) in [5.41, 5.74) is 1.66. The molecule has 2 amide bonds. The second-order valence-electron chi connectivity index (χ2n) is 7.34. The third-order valence-electron chi connectivity index (χ3n) is 5.05. The molecule has 2 aromatic rings. The van der Waals surface area contributed by atoms with Crippen LogP contribution in [0.1, 0.15) is 35.2 Å². The van der Waals surface area contributed by atoms with Gasteiger partial charge in [-0.1, -0.05) is 23.8 Å². The number of nitrogens with zero attached hydrogens (tertiary/aromatic N) is 2. The molecular formula is C23H28N2O4. The molecule has 0 radical (unpaired) electrons. The van der Waals surface area contributed by atoms with Gasteiger partial charge in [-0.2, -0.15) is 0 Å². The molecular weight excluding hydrogens is 368 g/mol. The Hall–Kier alpha value is -3.02. The molecule has 3 rings (SSSR count). The van der Waals surface area contributed by atoms with Crippen molar-refractivity contribution < 1.29 is 19.4 Å². The fourth-order valence-corrected chi connectivity index (χ4v) is 3.40. The zero-order chi connectivity index (χ0) is 20.6. The van der Waals surface area contributed by atoms with E-state index in [-0.39, 0.29) is 17.6 Å². The quantitative estimate of drug-likeness (QED) is 0.761. The van der Waals surface area contributed by atoms with Gasteiger partial charge in [0, 0.05) is 38.2 Å². The molecule has 1 fully saturated rings. The van der Waals surface area contributed by atoms with Crippen LogP contribution in [0.4, 0.5) is 0 Å². The van der Waals surface area contributed by atoms with Gasteiger partial charge in [0.2, 0.25) is 5.91 Å². The lowest BCUT2D eigenvalue weighted by Gasteiger charge is -2.22. The number of phenols is 1. The van der Waals surface area contributed by atoms with Crippen LogP contribution in [0.25, 0.3) is 0 Å². The summed E-state index contributed by atoms with van der Waals surface area (Å²) in [5.74, 6) is 0.889. The first-order chi connectivity index (χ1) is 14.0. The van der Waals surface area contributed by atoms with Gasteiger partial charge in [0.05, 0.1) is 6.61 Å². The summed E-state index contributed by atoms with van der Waals surface area (Å²) >= 11 is 0. The fourth-order valence-electron chi connectivity index (χ4n) is 3.40. The Balaban J connectivity index is 1.43. The van der Waals surface area contributed by atoms with Crippen molar-refractivity contribution in [3.05, 3.63) is 59.7 Å². The van der Waals surface area contributed by atoms with E-state index in [1.807, 2.05) is 36.1 Å². The number of phenolic OH excluding ortho intramolecular Hbond substituents is 1. The van der Waals surface area contributed by atoms with Crippen LogP contribution >= 0.6 is 0 Å². The summed E-state index contributed by atoms with van der Waals surface area (Å²) < 4.78 is 5.69. The number of aryl methyl sites for hydroxylation is 1. The number of carbonyl (C=O) groups excluding carboxylic acids is 2. The number of amides is 2. The summed E-state index contributed by atoms with van der Waals surface area (Å²) in [6, 6.07) is 14.3.